The fourth-order valence-electron chi connectivity index (χ4n) is 1.90. The molecule has 0 amide bonds. The van der Waals surface area contributed by atoms with Crippen molar-refractivity contribution < 1.29 is 0 Å². The van der Waals surface area contributed by atoms with Gasteiger partial charge in [0, 0.05) is 25.7 Å². The van der Waals surface area contributed by atoms with Gasteiger partial charge in [0.1, 0.15) is 0 Å². The van der Waals surface area contributed by atoms with Crippen LogP contribution in [0.4, 0.5) is 0 Å². The molecule has 0 bridgehead atoms. The van der Waals surface area contributed by atoms with Crippen molar-refractivity contribution in [1.82, 2.24) is 15.5 Å². The number of hydrogen-bond acceptors (Lipinski definition) is 2. The predicted octanol–water partition coefficient (Wildman–Crippen LogP) is 2.31. The van der Waals surface area contributed by atoms with E-state index in [1.54, 1.807) is 7.05 Å². The number of aliphatic imine (C=N–C) groups is 1. The number of aryl methyl sites for hydroxylation is 2. The molecule has 0 aliphatic carbocycles. The third kappa shape index (κ3) is 5.38. The first-order valence-corrected chi connectivity index (χ1v) is 7.44. The van der Waals surface area contributed by atoms with Crippen molar-refractivity contribution >= 4 is 5.96 Å². The Labute approximate surface area is 129 Å². The maximum absolute atomic E-state index is 4.29. The molecule has 0 aliphatic rings. The summed E-state index contributed by atoms with van der Waals surface area (Å²) < 4.78 is 0. The standard InChI is InChI=1S/C17H30N4/c1-13-8-9-15(14(2)10-13)11-19-16(18-5)20-12-17(3,4)21(6)7/h8-10H,11-12H2,1-7H3,(H2,18,19,20). The molecule has 0 saturated heterocycles. The molecule has 1 aromatic carbocycles. The van der Waals surface area contributed by atoms with Gasteiger partial charge in [0.15, 0.2) is 5.96 Å². The van der Waals surface area contributed by atoms with Gasteiger partial charge in [-0.05, 0) is 52.9 Å². The zero-order valence-corrected chi connectivity index (χ0v) is 14.5. The van der Waals surface area contributed by atoms with E-state index in [0.717, 1.165) is 19.0 Å². The zero-order chi connectivity index (χ0) is 16.0. The maximum Gasteiger partial charge on any atom is 0.191 e. The topological polar surface area (TPSA) is 39.7 Å². The lowest BCUT2D eigenvalue weighted by molar-refractivity contribution is 0.197. The molecule has 0 radical (unpaired) electrons. The summed E-state index contributed by atoms with van der Waals surface area (Å²) in [5.74, 6) is 0.838. The van der Waals surface area contributed by atoms with Crippen molar-refractivity contribution in [2.75, 3.05) is 27.7 Å². The molecule has 0 aromatic heterocycles. The number of benzene rings is 1. The summed E-state index contributed by atoms with van der Waals surface area (Å²) >= 11 is 0. The molecular weight excluding hydrogens is 260 g/mol. The molecule has 0 unspecified atom stereocenters. The lowest BCUT2D eigenvalue weighted by atomic mass is 10.0. The van der Waals surface area contributed by atoms with Crippen LogP contribution in [-0.2, 0) is 6.54 Å². The van der Waals surface area contributed by atoms with E-state index in [2.05, 4.69) is 80.5 Å². The summed E-state index contributed by atoms with van der Waals surface area (Å²) in [5, 5.41) is 6.77. The second-order valence-corrected chi connectivity index (χ2v) is 6.42. The van der Waals surface area contributed by atoms with Gasteiger partial charge in [-0.1, -0.05) is 23.8 Å². The average Bonchev–Trinajstić information content (AvgIpc) is 2.40. The van der Waals surface area contributed by atoms with Crippen LogP contribution in [0.3, 0.4) is 0 Å². The van der Waals surface area contributed by atoms with Crippen molar-refractivity contribution in [3.05, 3.63) is 34.9 Å². The van der Waals surface area contributed by atoms with E-state index in [1.165, 1.54) is 16.7 Å². The van der Waals surface area contributed by atoms with Gasteiger partial charge in [-0.2, -0.15) is 0 Å². The van der Waals surface area contributed by atoms with E-state index >= 15 is 0 Å². The van der Waals surface area contributed by atoms with Crippen molar-refractivity contribution in [1.29, 1.82) is 0 Å². The Morgan fingerprint density at radius 1 is 1.19 bits per heavy atom. The molecular formula is C17H30N4. The molecule has 4 nitrogen and oxygen atoms in total. The SMILES string of the molecule is CN=C(NCc1ccc(C)cc1C)NCC(C)(C)N(C)C. The first-order valence-electron chi connectivity index (χ1n) is 7.44. The number of nitrogens with one attached hydrogen (secondary N) is 2. The van der Waals surface area contributed by atoms with Crippen LogP contribution in [-0.4, -0.2) is 44.1 Å². The number of likely N-dealkylation sites (N-methyl/N-ethyl adjacent to an activating group) is 1. The summed E-state index contributed by atoms with van der Waals surface area (Å²) in [7, 11) is 5.99. The van der Waals surface area contributed by atoms with Crippen LogP contribution in [0.5, 0.6) is 0 Å². The zero-order valence-electron chi connectivity index (χ0n) is 14.5. The van der Waals surface area contributed by atoms with Gasteiger partial charge < -0.3 is 15.5 Å². The molecule has 0 fully saturated rings. The fourth-order valence-corrected chi connectivity index (χ4v) is 1.90. The lowest BCUT2D eigenvalue weighted by Gasteiger charge is -2.33. The molecule has 2 N–H and O–H groups in total. The molecule has 0 aliphatic heterocycles. The summed E-state index contributed by atoms with van der Waals surface area (Å²) in [4.78, 5) is 6.49. The Hall–Kier alpha value is -1.55. The number of guanidine groups is 1. The van der Waals surface area contributed by atoms with Gasteiger partial charge in [0.25, 0.3) is 0 Å². The van der Waals surface area contributed by atoms with Gasteiger partial charge in [0.05, 0.1) is 0 Å². The average molecular weight is 290 g/mol. The second-order valence-electron chi connectivity index (χ2n) is 6.42. The summed E-state index contributed by atoms with van der Waals surface area (Å²) in [5.41, 5.74) is 3.99. The van der Waals surface area contributed by atoms with E-state index in [-0.39, 0.29) is 5.54 Å². The molecule has 0 saturated carbocycles. The molecule has 0 heterocycles. The number of nitrogens with zero attached hydrogens (tertiary/aromatic N) is 2. The van der Waals surface area contributed by atoms with Gasteiger partial charge in [-0.3, -0.25) is 4.99 Å². The predicted molar refractivity (Wildman–Crippen MR) is 91.9 cm³/mol. The molecule has 118 valence electrons. The molecule has 1 aromatic rings. The highest BCUT2D eigenvalue weighted by Crippen LogP contribution is 2.10. The Bertz CT molecular complexity index is 490. The van der Waals surface area contributed by atoms with Gasteiger partial charge in [-0.15, -0.1) is 0 Å². The third-order valence-corrected chi connectivity index (χ3v) is 4.07. The minimum Gasteiger partial charge on any atom is -0.355 e. The Morgan fingerprint density at radius 2 is 1.86 bits per heavy atom. The highest BCUT2D eigenvalue weighted by atomic mass is 15.2. The summed E-state index contributed by atoms with van der Waals surface area (Å²) in [6.07, 6.45) is 0. The van der Waals surface area contributed by atoms with Crippen LogP contribution in [0.15, 0.2) is 23.2 Å². The fraction of sp³-hybridized carbons (Fsp3) is 0.588. The molecule has 4 heteroatoms. The summed E-state index contributed by atoms with van der Waals surface area (Å²) in [6, 6.07) is 6.53. The monoisotopic (exact) mass is 290 g/mol. The van der Waals surface area contributed by atoms with Crippen molar-refractivity contribution in [2.24, 2.45) is 4.99 Å². The van der Waals surface area contributed by atoms with Crippen LogP contribution in [0.1, 0.15) is 30.5 Å². The molecule has 1 rings (SSSR count). The van der Waals surface area contributed by atoms with E-state index < -0.39 is 0 Å². The van der Waals surface area contributed by atoms with E-state index in [4.69, 9.17) is 0 Å². The maximum atomic E-state index is 4.29. The highest BCUT2D eigenvalue weighted by molar-refractivity contribution is 5.79. The molecule has 21 heavy (non-hydrogen) atoms. The van der Waals surface area contributed by atoms with Crippen molar-refractivity contribution in [3.8, 4) is 0 Å². The van der Waals surface area contributed by atoms with E-state index in [1.807, 2.05) is 0 Å². The normalized spacial score (nSPS) is 12.7. The summed E-state index contributed by atoms with van der Waals surface area (Å²) in [6.45, 7) is 10.3. The largest absolute Gasteiger partial charge is 0.355 e. The number of hydrogen-bond donors (Lipinski definition) is 2. The van der Waals surface area contributed by atoms with Gasteiger partial charge >= 0.3 is 0 Å². The van der Waals surface area contributed by atoms with Crippen molar-refractivity contribution in [3.63, 3.8) is 0 Å². The van der Waals surface area contributed by atoms with Gasteiger partial charge in [0.2, 0.25) is 0 Å². The van der Waals surface area contributed by atoms with E-state index in [0.29, 0.717) is 0 Å². The minimum absolute atomic E-state index is 0.0807. The van der Waals surface area contributed by atoms with Crippen LogP contribution in [0.25, 0.3) is 0 Å². The third-order valence-electron chi connectivity index (χ3n) is 4.07. The van der Waals surface area contributed by atoms with Gasteiger partial charge in [-0.25, -0.2) is 0 Å². The second kappa shape index (κ2) is 7.46. The lowest BCUT2D eigenvalue weighted by Crippen LogP contribution is -2.50. The number of rotatable bonds is 5. The van der Waals surface area contributed by atoms with Crippen LogP contribution >= 0.6 is 0 Å². The first-order chi connectivity index (χ1) is 9.76. The quantitative estimate of drug-likeness (QED) is 0.646. The van der Waals surface area contributed by atoms with Crippen LogP contribution in [0.2, 0.25) is 0 Å². The Morgan fingerprint density at radius 3 is 2.38 bits per heavy atom. The Balaban J connectivity index is 2.56. The minimum atomic E-state index is 0.0807. The molecule has 0 spiro atoms. The smallest absolute Gasteiger partial charge is 0.191 e. The first kappa shape index (κ1) is 17.5. The van der Waals surface area contributed by atoms with Crippen molar-refractivity contribution in [2.45, 2.75) is 39.8 Å². The van der Waals surface area contributed by atoms with E-state index in [9.17, 15) is 0 Å². The van der Waals surface area contributed by atoms with Crippen LogP contribution < -0.4 is 10.6 Å². The highest BCUT2D eigenvalue weighted by Gasteiger charge is 2.20. The molecule has 0 atom stereocenters. The Kier molecular flexibility index (Phi) is 6.21. The van der Waals surface area contributed by atoms with Crippen LogP contribution in [0, 0.1) is 13.8 Å².